The smallest absolute Gasteiger partial charge is 0.271 e. The molecule has 1 fully saturated rings. The van der Waals surface area contributed by atoms with Gasteiger partial charge in [0.05, 0.1) is 31.9 Å². The Bertz CT molecular complexity index is 2120. The summed E-state index contributed by atoms with van der Waals surface area (Å²) in [5.41, 5.74) is 0.808. The number of methoxy groups -OCH3 is 2. The zero-order valence-electron chi connectivity index (χ0n) is 27.4. The summed E-state index contributed by atoms with van der Waals surface area (Å²) in [6, 6.07) is 14.4. The van der Waals surface area contributed by atoms with Crippen molar-refractivity contribution in [2.75, 3.05) is 52.4 Å². The molecule has 4 heterocycles. The Morgan fingerprint density at radius 3 is 2.58 bits per heavy atom. The van der Waals surface area contributed by atoms with Gasteiger partial charge in [0.25, 0.3) is 11.5 Å². The van der Waals surface area contributed by atoms with E-state index in [0.29, 0.717) is 65.1 Å². The van der Waals surface area contributed by atoms with E-state index in [4.69, 9.17) is 23.7 Å². The van der Waals surface area contributed by atoms with Crippen LogP contribution in [-0.2, 0) is 11.2 Å². The number of nitrogens with one attached hydrogen (secondary N) is 1. The third kappa shape index (κ3) is 6.69. The summed E-state index contributed by atoms with van der Waals surface area (Å²) in [4.78, 5) is 33.7. The Labute approximate surface area is 285 Å². The molecule has 0 bridgehead atoms. The number of likely N-dealkylation sites (tertiary alicyclic amines) is 1. The molecule has 2 aromatic heterocycles. The van der Waals surface area contributed by atoms with Crippen LogP contribution in [0.3, 0.4) is 0 Å². The van der Waals surface area contributed by atoms with Gasteiger partial charge in [-0.25, -0.2) is 8.78 Å². The molecule has 0 aliphatic carbocycles. The van der Waals surface area contributed by atoms with Crippen LogP contribution in [0.5, 0.6) is 28.7 Å². The number of carbonyl (C=O) groups is 1. The number of halogens is 2. The number of benzene rings is 3. The molecule has 13 heteroatoms. The highest BCUT2D eigenvalue weighted by Crippen LogP contribution is 2.38. The summed E-state index contributed by atoms with van der Waals surface area (Å²) in [5.74, 6) is -0.564. The van der Waals surface area contributed by atoms with Gasteiger partial charge in [-0.05, 0) is 55.0 Å². The zero-order chi connectivity index (χ0) is 34.8. The van der Waals surface area contributed by atoms with Gasteiger partial charge in [-0.3, -0.25) is 24.0 Å². The first-order chi connectivity index (χ1) is 24.3. The number of pyridine rings is 2. The van der Waals surface area contributed by atoms with Crippen LogP contribution in [0.25, 0.3) is 16.6 Å². The van der Waals surface area contributed by atoms with Crippen molar-refractivity contribution >= 4 is 22.5 Å². The molecule has 3 aromatic carbocycles. The molecular weight excluding hydrogens is 650 g/mol. The first kappa shape index (κ1) is 33.0. The second-order valence-corrected chi connectivity index (χ2v) is 12.0. The van der Waals surface area contributed by atoms with Gasteiger partial charge in [-0.1, -0.05) is 0 Å². The van der Waals surface area contributed by atoms with Crippen LogP contribution in [-0.4, -0.2) is 73.5 Å². The molecule has 1 amide bonds. The minimum absolute atomic E-state index is 0.0962. The summed E-state index contributed by atoms with van der Waals surface area (Å²) >= 11 is 0. The molecule has 2 aliphatic heterocycles. The molecule has 2 aliphatic rings. The average Bonchev–Trinajstić information content (AvgIpc) is 3.56. The number of hydrogen-bond acceptors (Lipinski definition) is 9. The van der Waals surface area contributed by atoms with Crippen molar-refractivity contribution in [2.24, 2.45) is 0 Å². The lowest BCUT2D eigenvalue weighted by Crippen LogP contribution is -2.51. The average molecular weight is 685 g/mol. The van der Waals surface area contributed by atoms with Crippen molar-refractivity contribution in [1.82, 2.24) is 14.5 Å². The molecule has 0 spiro atoms. The van der Waals surface area contributed by atoms with Crippen LogP contribution in [0.15, 0.2) is 77.9 Å². The van der Waals surface area contributed by atoms with E-state index >= 15 is 4.39 Å². The zero-order valence-corrected chi connectivity index (χ0v) is 27.4. The van der Waals surface area contributed by atoms with Gasteiger partial charge in [0.15, 0.2) is 23.1 Å². The normalized spacial score (nSPS) is 14.2. The van der Waals surface area contributed by atoms with E-state index in [0.717, 1.165) is 32.1 Å². The van der Waals surface area contributed by atoms with Crippen LogP contribution in [0.2, 0.25) is 0 Å². The molecule has 50 heavy (non-hydrogen) atoms. The predicted octanol–water partition coefficient (Wildman–Crippen LogP) is 5.75. The van der Waals surface area contributed by atoms with Crippen molar-refractivity contribution in [1.29, 1.82) is 0 Å². The quantitative estimate of drug-likeness (QED) is 0.164. The van der Waals surface area contributed by atoms with Crippen molar-refractivity contribution in [2.45, 2.75) is 18.9 Å². The molecule has 5 aromatic rings. The third-order valence-electron chi connectivity index (χ3n) is 8.72. The number of aromatic nitrogens is 2. The summed E-state index contributed by atoms with van der Waals surface area (Å²) in [6.45, 7) is 3.53. The van der Waals surface area contributed by atoms with E-state index in [1.165, 1.54) is 48.1 Å². The van der Waals surface area contributed by atoms with Gasteiger partial charge in [0.2, 0.25) is 0 Å². The van der Waals surface area contributed by atoms with E-state index < -0.39 is 23.1 Å². The molecule has 0 saturated carbocycles. The molecule has 1 saturated heterocycles. The Hall–Kier alpha value is -5.53. The predicted molar refractivity (Wildman–Crippen MR) is 181 cm³/mol. The molecule has 0 atom stereocenters. The molecule has 258 valence electrons. The van der Waals surface area contributed by atoms with Crippen molar-refractivity contribution in [3.8, 4) is 34.4 Å². The topological polar surface area (TPSA) is 113 Å². The highest BCUT2D eigenvalue weighted by Gasteiger charge is 2.28. The first-order valence-electron chi connectivity index (χ1n) is 16.1. The monoisotopic (exact) mass is 684 g/mol. The van der Waals surface area contributed by atoms with E-state index in [1.54, 1.807) is 37.7 Å². The van der Waals surface area contributed by atoms with E-state index in [-0.39, 0.29) is 22.7 Å². The summed E-state index contributed by atoms with van der Waals surface area (Å²) < 4.78 is 58.8. The number of ether oxygens (including phenoxy) is 5. The number of hydrogen-bond donors (Lipinski definition) is 1. The highest BCUT2D eigenvalue weighted by atomic mass is 19.1. The van der Waals surface area contributed by atoms with Gasteiger partial charge in [-0.15, -0.1) is 0 Å². The number of anilines is 1. The minimum atomic E-state index is -0.775. The maximum absolute atomic E-state index is 15.4. The van der Waals surface area contributed by atoms with Gasteiger partial charge < -0.3 is 29.0 Å². The van der Waals surface area contributed by atoms with Crippen LogP contribution < -0.4 is 29.8 Å². The summed E-state index contributed by atoms with van der Waals surface area (Å²) in [7, 11) is 3.26. The third-order valence-corrected chi connectivity index (χ3v) is 8.72. The second kappa shape index (κ2) is 14.1. The maximum Gasteiger partial charge on any atom is 0.271 e. The van der Waals surface area contributed by atoms with E-state index in [2.05, 4.69) is 15.2 Å². The number of carbonyl (C=O) groups excluding carboxylic acids is 1. The van der Waals surface area contributed by atoms with Crippen LogP contribution in [0, 0.1) is 11.6 Å². The lowest BCUT2D eigenvalue weighted by Gasteiger charge is -2.38. The maximum atomic E-state index is 15.4. The van der Waals surface area contributed by atoms with Crippen molar-refractivity contribution in [3.63, 3.8) is 0 Å². The fraction of sp³-hybridized carbons (Fsp3) is 0.270. The van der Waals surface area contributed by atoms with Crippen molar-refractivity contribution < 1.29 is 37.3 Å². The first-order valence-corrected chi connectivity index (χ1v) is 16.1. The number of rotatable bonds is 12. The number of fused-ring (bicyclic) bond motifs is 2. The van der Waals surface area contributed by atoms with E-state index in [1.807, 2.05) is 0 Å². The lowest BCUT2D eigenvalue weighted by atomic mass is 10.1. The largest absolute Gasteiger partial charge is 0.493 e. The summed E-state index contributed by atoms with van der Waals surface area (Å²) in [6.07, 6.45) is 4.75. The number of nitrogens with zero attached hydrogens (tertiary/aromatic N) is 3. The molecule has 7 rings (SSSR count). The lowest BCUT2D eigenvalue weighted by molar-refractivity contribution is -0.0306. The van der Waals surface area contributed by atoms with Gasteiger partial charge in [-0.2, -0.15) is 0 Å². The Morgan fingerprint density at radius 2 is 1.82 bits per heavy atom. The fourth-order valence-electron chi connectivity index (χ4n) is 6.04. The molecular formula is C37H34F2N4O7. The van der Waals surface area contributed by atoms with Crippen molar-refractivity contribution in [3.05, 3.63) is 106 Å². The molecule has 0 unspecified atom stereocenters. The fourth-order valence-corrected chi connectivity index (χ4v) is 6.04. The molecule has 0 radical (unpaired) electrons. The molecule has 11 nitrogen and oxygen atoms in total. The van der Waals surface area contributed by atoms with E-state index in [9.17, 15) is 14.0 Å². The minimum Gasteiger partial charge on any atom is -0.493 e. The molecule has 1 N–H and O–H groups in total. The van der Waals surface area contributed by atoms with Crippen LogP contribution in [0.4, 0.5) is 14.5 Å². The second-order valence-electron chi connectivity index (χ2n) is 12.0. The Balaban J connectivity index is 1.07. The SMILES string of the molecule is COc1cc2c(Oc3ccc(NC(=O)c4c5c(cn(-c6ccc(F)cc6)c4=O)CCO5)cc3F)ccnc2cc1OCCCN1CC(OC)C1. The van der Waals surface area contributed by atoms with Crippen LogP contribution >= 0.6 is 0 Å². The Morgan fingerprint density at radius 1 is 1.00 bits per heavy atom. The Kier molecular flexibility index (Phi) is 9.33. The van der Waals surface area contributed by atoms with Crippen LogP contribution in [0.1, 0.15) is 22.3 Å². The number of amides is 1. The standard InChI is InChI=1S/C37H34F2N4O7/c1-46-26-20-42(21-26)13-3-14-48-33-18-29-27(17-32(33)47-2)30(10-12-40-29)50-31-9-6-24(16-28(31)39)41-36(44)34-35-22(11-15-49-35)19-43(37(34)45)25-7-4-23(38)5-8-25/h4-10,12,16-19,26H,3,11,13-15,20-21H2,1-2H3,(H,41,44). The highest BCUT2D eigenvalue weighted by molar-refractivity contribution is 6.06. The summed E-state index contributed by atoms with van der Waals surface area (Å²) in [5, 5.41) is 3.18. The van der Waals surface area contributed by atoms with Gasteiger partial charge >= 0.3 is 0 Å². The van der Waals surface area contributed by atoms with Gasteiger partial charge in [0, 0.05) is 80.0 Å². The van der Waals surface area contributed by atoms with Gasteiger partial charge in [0.1, 0.15) is 22.9 Å².